The summed E-state index contributed by atoms with van der Waals surface area (Å²) in [7, 11) is 1.41. The molecule has 0 aromatic rings. The van der Waals surface area contributed by atoms with Crippen LogP contribution in [-0.2, 0) is 9.53 Å². The second kappa shape index (κ2) is 5.81. The van der Waals surface area contributed by atoms with Crippen LogP contribution in [0.1, 0.15) is 0 Å². The van der Waals surface area contributed by atoms with Gasteiger partial charge in [0.1, 0.15) is 9.50 Å². The van der Waals surface area contributed by atoms with Gasteiger partial charge in [0.2, 0.25) is 5.78 Å². The van der Waals surface area contributed by atoms with Gasteiger partial charge in [-0.05, 0) is 0 Å². The van der Waals surface area contributed by atoms with E-state index in [4.69, 9.17) is 39.5 Å². The minimum absolute atomic E-state index is 0.290. The Bertz CT molecular complexity index is 222. The summed E-state index contributed by atoms with van der Waals surface area (Å²) >= 11 is 22.3. The fraction of sp³-hybridized carbons (Fsp3) is 0.500. The van der Waals surface area contributed by atoms with Crippen molar-refractivity contribution in [2.75, 3.05) is 7.11 Å². The number of allylic oxidation sites excluding steroid dienone is 2. The minimum atomic E-state index is -1.95. The average Bonchev–Trinajstić information content (AvgIpc) is 1.96. The van der Waals surface area contributed by atoms with E-state index < -0.39 is 9.58 Å². The lowest BCUT2D eigenvalue weighted by molar-refractivity contribution is -0.114. The molecule has 0 atom stereocenters. The third kappa shape index (κ3) is 5.47. The Morgan fingerprint density at radius 1 is 1.46 bits per heavy atom. The Morgan fingerprint density at radius 2 is 1.92 bits per heavy atom. The fourth-order valence-electron chi connectivity index (χ4n) is 0.422. The predicted octanol–water partition coefficient (Wildman–Crippen LogP) is 3.57. The van der Waals surface area contributed by atoms with Crippen LogP contribution in [0.4, 0.5) is 0 Å². The maximum absolute atomic E-state index is 11.1. The molecule has 0 aromatic heterocycles. The summed E-state index contributed by atoms with van der Waals surface area (Å²) in [5.74, 6) is -0.324. The Labute approximate surface area is 108 Å². The highest BCUT2D eigenvalue weighted by atomic mass is 79.9. The van der Waals surface area contributed by atoms with Gasteiger partial charge in [0.25, 0.3) is 3.79 Å². The maximum Gasteiger partial charge on any atom is 0.252 e. The van der Waals surface area contributed by atoms with Crippen LogP contribution in [0.2, 0.25) is 0 Å². The molecule has 0 amide bonds. The molecule has 0 aliphatic rings. The highest BCUT2D eigenvalue weighted by Crippen LogP contribution is 2.29. The summed E-state index contributed by atoms with van der Waals surface area (Å²) in [6, 6.07) is 0. The van der Waals surface area contributed by atoms with E-state index in [0.717, 1.165) is 6.08 Å². The van der Waals surface area contributed by atoms with E-state index in [-0.39, 0.29) is 3.74 Å². The van der Waals surface area contributed by atoms with Crippen LogP contribution >= 0.6 is 66.7 Å². The number of carbonyl (C=O) groups is 1. The number of ketones is 1. The number of rotatable bonds is 3. The third-order valence-corrected chi connectivity index (χ3v) is 2.46. The second-order valence-electron chi connectivity index (χ2n) is 1.91. The summed E-state index contributed by atoms with van der Waals surface area (Å²) in [5.41, 5.74) is 0. The second-order valence-corrected chi connectivity index (χ2v) is 7.25. The number of alkyl halides is 5. The molecule has 0 heterocycles. The van der Waals surface area contributed by atoms with Gasteiger partial charge < -0.3 is 4.74 Å². The molecule has 2 nitrogen and oxygen atoms in total. The fourth-order valence-corrected chi connectivity index (χ4v) is 1.22. The van der Waals surface area contributed by atoms with Crippen molar-refractivity contribution < 1.29 is 9.53 Å². The molecule has 0 radical (unpaired) electrons. The molecule has 76 valence electrons. The highest BCUT2D eigenvalue weighted by Gasteiger charge is 2.29. The molecule has 0 unspecified atom stereocenters. The number of methoxy groups -OCH3 is 1. The van der Waals surface area contributed by atoms with E-state index in [0.29, 0.717) is 5.76 Å². The van der Waals surface area contributed by atoms with Crippen LogP contribution in [0.15, 0.2) is 11.8 Å². The molecule has 0 bridgehead atoms. The zero-order valence-corrected chi connectivity index (χ0v) is 11.8. The molecular formula is C6H5Br2Cl3O2. The molecule has 0 rings (SSSR count). The van der Waals surface area contributed by atoms with Crippen LogP contribution in [0.25, 0.3) is 0 Å². The van der Waals surface area contributed by atoms with Crippen molar-refractivity contribution in [3.8, 4) is 0 Å². The summed E-state index contributed by atoms with van der Waals surface area (Å²) < 4.78 is 2.61. The van der Waals surface area contributed by atoms with E-state index in [9.17, 15) is 4.79 Å². The number of carbonyl (C=O) groups excluding carboxylic acids is 1. The maximum atomic E-state index is 11.1. The van der Waals surface area contributed by atoms with Crippen molar-refractivity contribution in [1.29, 1.82) is 0 Å². The summed E-state index contributed by atoms with van der Waals surface area (Å²) in [6.45, 7) is 0. The van der Waals surface area contributed by atoms with Gasteiger partial charge in [0.05, 0.1) is 7.11 Å². The Morgan fingerprint density at radius 3 is 2.15 bits per heavy atom. The van der Waals surface area contributed by atoms with E-state index >= 15 is 0 Å². The lowest BCUT2D eigenvalue weighted by atomic mass is 10.3. The lowest BCUT2D eigenvalue weighted by Gasteiger charge is -2.09. The van der Waals surface area contributed by atoms with Gasteiger partial charge in [-0.15, -0.1) is 0 Å². The summed E-state index contributed by atoms with van der Waals surface area (Å²) in [4.78, 5) is 11.1. The Balaban J connectivity index is 4.62. The van der Waals surface area contributed by atoms with Crippen molar-refractivity contribution in [2.24, 2.45) is 0 Å². The average molecular weight is 375 g/mol. The predicted molar refractivity (Wildman–Crippen MR) is 62.0 cm³/mol. The van der Waals surface area contributed by atoms with Crippen LogP contribution in [0, 0.1) is 0 Å². The molecule has 7 heteroatoms. The van der Waals surface area contributed by atoms with Gasteiger partial charge in [0, 0.05) is 6.08 Å². The van der Waals surface area contributed by atoms with Gasteiger partial charge in [-0.2, -0.15) is 0 Å². The molecule has 0 N–H and O–H groups in total. The van der Waals surface area contributed by atoms with Crippen LogP contribution < -0.4 is 0 Å². The van der Waals surface area contributed by atoms with Gasteiger partial charge in [-0.25, -0.2) is 0 Å². The molecule has 13 heavy (non-hydrogen) atoms. The molecule has 0 saturated carbocycles. The monoisotopic (exact) mass is 372 g/mol. The first-order valence-electron chi connectivity index (χ1n) is 2.94. The summed E-state index contributed by atoms with van der Waals surface area (Å²) in [5, 5.41) is 0. The van der Waals surface area contributed by atoms with Gasteiger partial charge >= 0.3 is 0 Å². The van der Waals surface area contributed by atoms with Crippen LogP contribution in [0.5, 0.6) is 0 Å². The normalized spacial score (nSPS) is 13.3. The largest absolute Gasteiger partial charge is 0.499 e. The van der Waals surface area contributed by atoms with E-state index in [2.05, 4.69) is 31.9 Å². The molecule has 0 aliphatic heterocycles. The van der Waals surface area contributed by atoms with E-state index in [1.54, 1.807) is 0 Å². The SMILES string of the molecule is CO/C(=C/C(=O)C(Cl)(Cl)Cl)C(Br)Br. The molecule has 0 aliphatic carbocycles. The standard InChI is InChI=1S/C6H5Br2Cl3O2/c1-13-3(5(7)8)2-4(12)6(9,10)11/h2,5H,1H3/b3-2+. The quantitative estimate of drug-likeness (QED) is 0.428. The van der Waals surface area contributed by atoms with Crippen molar-refractivity contribution in [1.82, 2.24) is 0 Å². The first-order chi connectivity index (χ1) is 5.79. The number of hydrogen-bond donors (Lipinski definition) is 0. The van der Waals surface area contributed by atoms with Gasteiger partial charge in [0.15, 0.2) is 0 Å². The van der Waals surface area contributed by atoms with E-state index in [1.807, 2.05) is 0 Å². The molecule has 0 fully saturated rings. The number of ether oxygens (including phenoxy) is 1. The van der Waals surface area contributed by atoms with Crippen molar-refractivity contribution in [3.63, 3.8) is 0 Å². The van der Waals surface area contributed by atoms with Crippen molar-refractivity contribution in [2.45, 2.75) is 7.53 Å². The number of halogens is 5. The van der Waals surface area contributed by atoms with Crippen LogP contribution in [0.3, 0.4) is 0 Å². The first kappa shape index (κ1) is 14.0. The zero-order valence-electron chi connectivity index (χ0n) is 6.36. The first-order valence-corrected chi connectivity index (χ1v) is 5.90. The van der Waals surface area contributed by atoms with Gasteiger partial charge in [-0.3, -0.25) is 4.79 Å². The van der Waals surface area contributed by atoms with Gasteiger partial charge in [-0.1, -0.05) is 66.7 Å². The van der Waals surface area contributed by atoms with Crippen molar-refractivity contribution in [3.05, 3.63) is 11.8 Å². The smallest absolute Gasteiger partial charge is 0.252 e. The molecule has 0 spiro atoms. The number of hydrogen-bond acceptors (Lipinski definition) is 2. The minimum Gasteiger partial charge on any atom is -0.499 e. The van der Waals surface area contributed by atoms with Crippen LogP contribution in [-0.4, -0.2) is 20.4 Å². The van der Waals surface area contributed by atoms with E-state index in [1.165, 1.54) is 7.11 Å². The summed E-state index contributed by atoms with van der Waals surface area (Å²) in [6.07, 6.45) is 1.11. The Hall–Kier alpha value is 1.04. The van der Waals surface area contributed by atoms with Crippen molar-refractivity contribution >= 4 is 72.4 Å². The third-order valence-electron chi connectivity index (χ3n) is 1.00. The topological polar surface area (TPSA) is 26.3 Å². The molecule has 0 saturated heterocycles. The Kier molecular flexibility index (Phi) is 6.27. The zero-order chi connectivity index (χ0) is 10.6. The molecule has 0 aromatic carbocycles. The molecular weight excluding hydrogens is 370 g/mol. The lowest BCUT2D eigenvalue weighted by Crippen LogP contribution is -2.17. The highest BCUT2D eigenvalue weighted by molar-refractivity contribution is 9.24.